The van der Waals surface area contributed by atoms with Crippen LogP contribution in [-0.2, 0) is 4.79 Å². The minimum absolute atomic E-state index is 0.139. The molecule has 0 saturated carbocycles. The molecule has 17 heavy (non-hydrogen) atoms. The van der Waals surface area contributed by atoms with E-state index in [-0.39, 0.29) is 22.1 Å². The Morgan fingerprint density at radius 3 is 2.18 bits per heavy atom. The molecular weight excluding hydrogens is 230 g/mol. The quantitative estimate of drug-likeness (QED) is 0.771. The van der Waals surface area contributed by atoms with Gasteiger partial charge in [0.15, 0.2) is 0 Å². The molecule has 2 atom stereocenters. The van der Waals surface area contributed by atoms with Crippen LogP contribution >= 0.6 is 0 Å². The van der Waals surface area contributed by atoms with Gasteiger partial charge < -0.3 is 10.0 Å². The maximum Gasteiger partial charge on any atom is 0.223 e. The zero-order valence-electron chi connectivity index (χ0n) is 12.3. The van der Waals surface area contributed by atoms with Crippen LogP contribution in [0.5, 0.6) is 0 Å². The lowest BCUT2D eigenvalue weighted by molar-refractivity contribution is -0.126. The van der Waals surface area contributed by atoms with E-state index in [4.69, 9.17) is 0 Å². The topological polar surface area (TPSA) is 40.5 Å². The van der Waals surface area contributed by atoms with Gasteiger partial charge in [0.1, 0.15) is 0 Å². The molecule has 0 radical (unpaired) electrons. The highest BCUT2D eigenvalue weighted by atomic mass is 28.3. The minimum Gasteiger partial charge on any atom is -0.396 e. The zero-order valence-corrected chi connectivity index (χ0v) is 13.3. The number of carbonyl (C=O) groups is 1. The molecule has 4 heteroatoms. The summed E-state index contributed by atoms with van der Waals surface area (Å²) in [5.74, 6) is 0.158. The molecule has 0 aromatic carbocycles. The van der Waals surface area contributed by atoms with Crippen molar-refractivity contribution in [3.05, 3.63) is 0 Å². The Bertz CT molecular complexity index is 322. The highest BCUT2D eigenvalue weighted by Crippen LogP contribution is 2.46. The molecule has 0 aromatic rings. The number of amides is 1. The summed E-state index contributed by atoms with van der Waals surface area (Å²) in [5.41, 5.74) is -0.613. The smallest absolute Gasteiger partial charge is 0.223 e. The molecule has 1 aliphatic heterocycles. The number of carbonyl (C=O) groups excluding carboxylic acids is 1. The van der Waals surface area contributed by atoms with Crippen molar-refractivity contribution in [2.45, 2.75) is 58.0 Å². The van der Waals surface area contributed by atoms with Crippen molar-refractivity contribution < 1.29 is 9.90 Å². The van der Waals surface area contributed by atoms with Crippen LogP contribution < -0.4 is 0 Å². The summed E-state index contributed by atoms with van der Waals surface area (Å²) in [6, 6.07) is 0. The number of nitrogens with zero attached hydrogens (tertiary/aromatic N) is 1. The van der Waals surface area contributed by atoms with E-state index in [9.17, 15) is 9.90 Å². The maximum absolute atomic E-state index is 11.7. The van der Waals surface area contributed by atoms with Gasteiger partial charge in [-0.2, -0.15) is 0 Å². The summed E-state index contributed by atoms with van der Waals surface area (Å²) in [6.45, 7) is 13.8. The standard InChI is InChI=1S/C13H27NO2Si/c1-12(2,3)17(6,7)11(16)13(4)8-10(15)14(5)9-13/h11,16H,8-9H2,1-7H3. The SMILES string of the molecule is CN1CC(C)(C(O)[Si](C)(C)C(C)(C)C)CC1=O. The highest BCUT2D eigenvalue weighted by Gasteiger charge is 2.53. The fraction of sp³-hybridized carbons (Fsp3) is 0.923. The molecule has 0 aromatic heterocycles. The lowest BCUT2D eigenvalue weighted by atomic mass is 9.90. The second-order valence-electron chi connectivity index (χ2n) is 7.45. The summed E-state index contributed by atoms with van der Waals surface area (Å²) < 4.78 is 0. The van der Waals surface area contributed by atoms with Gasteiger partial charge >= 0.3 is 0 Å². The Morgan fingerprint density at radius 2 is 1.88 bits per heavy atom. The van der Waals surface area contributed by atoms with Crippen molar-refractivity contribution in [3.8, 4) is 0 Å². The third-order valence-electron chi connectivity index (χ3n) is 4.86. The molecule has 0 spiro atoms. The Balaban J connectivity index is 2.98. The molecule has 3 nitrogen and oxygen atoms in total. The normalized spacial score (nSPS) is 28.7. The lowest BCUT2D eigenvalue weighted by Crippen LogP contribution is -2.57. The first kappa shape index (κ1) is 14.7. The molecule has 1 rings (SSSR count). The lowest BCUT2D eigenvalue weighted by Gasteiger charge is -2.46. The summed E-state index contributed by atoms with van der Waals surface area (Å²) in [5, 5.41) is 10.9. The molecule has 1 heterocycles. The van der Waals surface area contributed by atoms with Crippen LogP contribution in [0.25, 0.3) is 0 Å². The highest BCUT2D eigenvalue weighted by molar-refractivity contribution is 6.81. The Kier molecular flexibility index (Phi) is 3.54. The molecule has 1 aliphatic rings. The van der Waals surface area contributed by atoms with Crippen molar-refractivity contribution in [3.63, 3.8) is 0 Å². The first-order valence-corrected chi connectivity index (χ1v) is 9.41. The van der Waals surface area contributed by atoms with Gasteiger partial charge in [-0.3, -0.25) is 4.79 Å². The third-order valence-corrected chi connectivity index (χ3v) is 10.8. The van der Waals surface area contributed by atoms with Crippen LogP contribution in [-0.4, -0.2) is 43.3 Å². The second kappa shape index (κ2) is 4.09. The molecule has 1 amide bonds. The number of rotatable bonds is 2. The Morgan fingerprint density at radius 1 is 1.41 bits per heavy atom. The summed E-state index contributed by atoms with van der Waals surface area (Å²) >= 11 is 0. The van der Waals surface area contributed by atoms with Crippen molar-refractivity contribution in [2.75, 3.05) is 13.6 Å². The van der Waals surface area contributed by atoms with Gasteiger partial charge in [0.05, 0.1) is 13.8 Å². The summed E-state index contributed by atoms with van der Waals surface area (Å²) in [4.78, 5) is 13.4. The van der Waals surface area contributed by atoms with Gasteiger partial charge in [0.25, 0.3) is 0 Å². The largest absolute Gasteiger partial charge is 0.396 e. The fourth-order valence-electron chi connectivity index (χ4n) is 2.63. The molecule has 2 unspecified atom stereocenters. The van der Waals surface area contributed by atoms with Crippen LogP contribution in [0.2, 0.25) is 18.1 Å². The van der Waals surface area contributed by atoms with Gasteiger partial charge in [0.2, 0.25) is 5.91 Å². The number of hydrogen-bond donors (Lipinski definition) is 1. The molecule has 100 valence electrons. The van der Waals surface area contributed by atoms with Gasteiger partial charge in [-0.05, 0) is 5.04 Å². The first-order chi connectivity index (χ1) is 7.42. The number of aliphatic hydroxyl groups is 1. The second-order valence-corrected chi connectivity index (χ2v) is 12.9. The number of aliphatic hydroxyl groups excluding tert-OH is 1. The Hall–Kier alpha value is -0.353. The third kappa shape index (κ3) is 2.43. The minimum atomic E-state index is -1.83. The number of likely N-dealkylation sites (tertiary alicyclic amines) is 1. The van der Waals surface area contributed by atoms with Gasteiger partial charge in [-0.25, -0.2) is 0 Å². The van der Waals surface area contributed by atoms with Crippen molar-refractivity contribution >= 4 is 14.0 Å². The van der Waals surface area contributed by atoms with Crippen LogP contribution in [0.15, 0.2) is 0 Å². The monoisotopic (exact) mass is 257 g/mol. The zero-order chi connectivity index (χ0) is 13.6. The molecule has 1 saturated heterocycles. The van der Waals surface area contributed by atoms with Crippen LogP contribution in [0.4, 0.5) is 0 Å². The fourth-order valence-corrected chi connectivity index (χ4v) is 5.39. The van der Waals surface area contributed by atoms with E-state index >= 15 is 0 Å². The number of hydrogen-bond acceptors (Lipinski definition) is 2. The van der Waals surface area contributed by atoms with Crippen LogP contribution in [0, 0.1) is 5.41 Å². The van der Waals surface area contributed by atoms with E-state index < -0.39 is 8.07 Å². The van der Waals surface area contributed by atoms with E-state index in [1.54, 1.807) is 4.90 Å². The van der Waals surface area contributed by atoms with E-state index in [2.05, 4.69) is 40.8 Å². The van der Waals surface area contributed by atoms with Crippen molar-refractivity contribution in [1.82, 2.24) is 4.90 Å². The first-order valence-electron chi connectivity index (χ1n) is 6.34. The molecule has 1 fully saturated rings. The van der Waals surface area contributed by atoms with E-state index in [0.29, 0.717) is 13.0 Å². The van der Waals surface area contributed by atoms with Crippen LogP contribution in [0.3, 0.4) is 0 Å². The Labute approximate surface area is 106 Å². The predicted molar refractivity (Wildman–Crippen MR) is 73.6 cm³/mol. The van der Waals surface area contributed by atoms with Crippen molar-refractivity contribution in [2.24, 2.45) is 5.41 Å². The molecular formula is C13H27NO2Si. The average molecular weight is 257 g/mol. The molecule has 1 N–H and O–H groups in total. The van der Waals surface area contributed by atoms with Gasteiger partial charge in [0, 0.05) is 25.4 Å². The molecule has 0 bridgehead atoms. The van der Waals surface area contributed by atoms with Crippen LogP contribution in [0.1, 0.15) is 34.1 Å². The van der Waals surface area contributed by atoms with Crippen molar-refractivity contribution in [1.29, 1.82) is 0 Å². The average Bonchev–Trinajstić information content (AvgIpc) is 2.39. The summed E-state index contributed by atoms with van der Waals surface area (Å²) in [7, 11) is -0.00284. The predicted octanol–water partition coefficient (Wildman–Crippen LogP) is 2.26. The summed E-state index contributed by atoms with van der Waals surface area (Å²) in [6.07, 6.45) is 0.483. The van der Waals surface area contributed by atoms with Gasteiger partial charge in [-0.1, -0.05) is 40.8 Å². The van der Waals surface area contributed by atoms with E-state index in [0.717, 1.165) is 0 Å². The molecule has 0 aliphatic carbocycles. The van der Waals surface area contributed by atoms with E-state index in [1.807, 2.05) is 7.05 Å². The van der Waals surface area contributed by atoms with E-state index in [1.165, 1.54) is 0 Å². The maximum atomic E-state index is 11.7. The van der Waals surface area contributed by atoms with Gasteiger partial charge in [-0.15, -0.1) is 0 Å².